The molecule has 2 atom stereocenters. The van der Waals surface area contributed by atoms with Crippen LogP contribution in [0.3, 0.4) is 0 Å². The molecular weight excluding hydrogens is 172 g/mol. The third-order valence-corrected chi connectivity index (χ3v) is 3.34. The molecule has 0 amide bonds. The van der Waals surface area contributed by atoms with Crippen molar-refractivity contribution in [2.75, 3.05) is 13.1 Å². The second-order valence-corrected chi connectivity index (χ2v) is 6.32. The molecule has 0 aromatic carbocycles. The number of nitrogens with two attached hydrogens (primary N) is 1. The van der Waals surface area contributed by atoms with Gasteiger partial charge < -0.3 is 11.1 Å². The van der Waals surface area contributed by atoms with Crippen LogP contribution in [-0.4, -0.2) is 19.1 Å². The first kappa shape index (κ1) is 12.0. The van der Waals surface area contributed by atoms with Crippen LogP contribution in [0.4, 0.5) is 0 Å². The van der Waals surface area contributed by atoms with E-state index in [1.54, 1.807) is 0 Å². The molecule has 2 unspecified atom stereocenters. The minimum atomic E-state index is 0.339. The smallest absolute Gasteiger partial charge is 0.0105 e. The topological polar surface area (TPSA) is 38.0 Å². The van der Waals surface area contributed by atoms with Crippen molar-refractivity contribution in [3.05, 3.63) is 0 Å². The van der Waals surface area contributed by atoms with E-state index in [4.69, 9.17) is 5.73 Å². The Morgan fingerprint density at radius 3 is 2.50 bits per heavy atom. The Kier molecular flexibility index (Phi) is 3.59. The Balaban J connectivity index is 2.30. The van der Waals surface area contributed by atoms with Gasteiger partial charge in [-0.3, -0.25) is 0 Å². The predicted octanol–water partition coefficient (Wildman–Crippen LogP) is 2.14. The first-order valence-corrected chi connectivity index (χ1v) is 5.80. The van der Waals surface area contributed by atoms with Gasteiger partial charge in [-0.2, -0.15) is 0 Å². The monoisotopic (exact) mass is 198 g/mol. The Morgan fingerprint density at radius 1 is 1.43 bits per heavy atom. The van der Waals surface area contributed by atoms with E-state index in [0.29, 0.717) is 16.9 Å². The highest BCUT2D eigenvalue weighted by molar-refractivity contribution is 4.93. The van der Waals surface area contributed by atoms with Crippen molar-refractivity contribution in [1.82, 2.24) is 5.32 Å². The summed E-state index contributed by atoms with van der Waals surface area (Å²) in [5, 5.41) is 3.56. The largest absolute Gasteiger partial charge is 0.327 e. The fraction of sp³-hybridized carbons (Fsp3) is 1.00. The van der Waals surface area contributed by atoms with Gasteiger partial charge in [0.05, 0.1) is 0 Å². The average molecular weight is 198 g/mol. The first-order valence-electron chi connectivity index (χ1n) is 5.80. The lowest BCUT2D eigenvalue weighted by Gasteiger charge is -2.31. The third-order valence-electron chi connectivity index (χ3n) is 3.34. The molecular formula is C12H26N2. The van der Waals surface area contributed by atoms with E-state index in [9.17, 15) is 0 Å². The third kappa shape index (κ3) is 3.25. The maximum atomic E-state index is 6.12. The van der Waals surface area contributed by atoms with E-state index in [1.165, 1.54) is 19.3 Å². The van der Waals surface area contributed by atoms with Gasteiger partial charge in [0.1, 0.15) is 0 Å². The number of rotatable bonds is 3. The zero-order chi connectivity index (χ0) is 10.8. The summed E-state index contributed by atoms with van der Waals surface area (Å²) in [6.07, 6.45) is 3.79. The van der Waals surface area contributed by atoms with Gasteiger partial charge in [0.25, 0.3) is 0 Å². The Hall–Kier alpha value is -0.0800. The van der Waals surface area contributed by atoms with E-state index in [0.717, 1.165) is 13.1 Å². The number of hydrogen-bond donors (Lipinski definition) is 2. The first-order chi connectivity index (χ1) is 6.33. The van der Waals surface area contributed by atoms with Gasteiger partial charge in [0, 0.05) is 19.1 Å². The van der Waals surface area contributed by atoms with Crippen molar-refractivity contribution >= 4 is 0 Å². The molecule has 1 aliphatic rings. The Morgan fingerprint density at radius 2 is 2.07 bits per heavy atom. The van der Waals surface area contributed by atoms with Crippen molar-refractivity contribution in [1.29, 1.82) is 0 Å². The van der Waals surface area contributed by atoms with Gasteiger partial charge in [-0.25, -0.2) is 0 Å². The van der Waals surface area contributed by atoms with E-state index >= 15 is 0 Å². The summed E-state index contributed by atoms with van der Waals surface area (Å²) in [5.74, 6) is 0. The highest BCUT2D eigenvalue weighted by Gasteiger charge is 2.35. The molecule has 2 heteroatoms. The molecule has 1 fully saturated rings. The van der Waals surface area contributed by atoms with Crippen LogP contribution in [0.25, 0.3) is 0 Å². The standard InChI is InChI=1S/C12H26N2/c1-11(2,3)8-14-9-12(4)7-5-6-10(12)13/h10,14H,5-9,13H2,1-4H3. The Labute approximate surface area is 88.6 Å². The molecule has 0 bridgehead atoms. The number of hydrogen-bond acceptors (Lipinski definition) is 2. The van der Waals surface area contributed by atoms with Crippen LogP contribution in [-0.2, 0) is 0 Å². The van der Waals surface area contributed by atoms with Gasteiger partial charge in [0.15, 0.2) is 0 Å². The molecule has 0 aliphatic heterocycles. The second-order valence-electron chi connectivity index (χ2n) is 6.32. The van der Waals surface area contributed by atoms with Crippen molar-refractivity contribution in [2.24, 2.45) is 16.6 Å². The quantitative estimate of drug-likeness (QED) is 0.729. The van der Waals surface area contributed by atoms with Gasteiger partial charge in [-0.05, 0) is 23.7 Å². The maximum Gasteiger partial charge on any atom is 0.0105 e. The van der Waals surface area contributed by atoms with Crippen LogP contribution < -0.4 is 11.1 Å². The molecule has 0 heterocycles. The minimum Gasteiger partial charge on any atom is -0.327 e. The average Bonchev–Trinajstić information content (AvgIpc) is 2.30. The SMILES string of the molecule is CC(C)(C)CNCC1(C)CCCC1N. The van der Waals surface area contributed by atoms with Crippen LogP contribution in [0.5, 0.6) is 0 Å². The minimum absolute atomic E-state index is 0.339. The van der Waals surface area contributed by atoms with E-state index < -0.39 is 0 Å². The van der Waals surface area contributed by atoms with Crippen LogP contribution in [0, 0.1) is 10.8 Å². The van der Waals surface area contributed by atoms with Gasteiger partial charge in [-0.1, -0.05) is 34.1 Å². The summed E-state index contributed by atoms with van der Waals surface area (Å²) >= 11 is 0. The predicted molar refractivity (Wildman–Crippen MR) is 62.3 cm³/mol. The molecule has 1 aliphatic carbocycles. The lowest BCUT2D eigenvalue weighted by molar-refractivity contribution is 0.258. The van der Waals surface area contributed by atoms with Gasteiger partial charge in [0.2, 0.25) is 0 Å². The lowest BCUT2D eigenvalue weighted by Crippen LogP contribution is -2.44. The summed E-state index contributed by atoms with van der Waals surface area (Å²) in [5.41, 5.74) is 6.84. The molecule has 14 heavy (non-hydrogen) atoms. The lowest BCUT2D eigenvalue weighted by atomic mass is 9.84. The van der Waals surface area contributed by atoms with Crippen molar-refractivity contribution < 1.29 is 0 Å². The summed E-state index contributed by atoms with van der Waals surface area (Å²) in [4.78, 5) is 0. The molecule has 3 N–H and O–H groups in total. The maximum absolute atomic E-state index is 6.12. The van der Waals surface area contributed by atoms with Crippen molar-refractivity contribution in [2.45, 2.75) is 53.0 Å². The van der Waals surface area contributed by atoms with Crippen LogP contribution in [0.1, 0.15) is 47.0 Å². The molecule has 1 rings (SSSR count). The highest BCUT2D eigenvalue weighted by Crippen LogP contribution is 2.35. The summed E-state index contributed by atoms with van der Waals surface area (Å²) in [7, 11) is 0. The second kappa shape index (κ2) is 4.19. The van der Waals surface area contributed by atoms with Gasteiger partial charge >= 0.3 is 0 Å². The molecule has 0 saturated heterocycles. The van der Waals surface area contributed by atoms with Crippen molar-refractivity contribution in [3.8, 4) is 0 Å². The summed E-state index contributed by atoms with van der Waals surface area (Å²) < 4.78 is 0. The molecule has 0 spiro atoms. The normalized spacial score (nSPS) is 33.6. The molecule has 0 radical (unpaired) electrons. The fourth-order valence-corrected chi connectivity index (χ4v) is 2.20. The molecule has 1 saturated carbocycles. The van der Waals surface area contributed by atoms with Crippen molar-refractivity contribution in [3.63, 3.8) is 0 Å². The van der Waals surface area contributed by atoms with Crippen LogP contribution in [0.2, 0.25) is 0 Å². The Bertz CT molecular complexity index is 183. The van der Waals surface area contributed by atoms with Crippen LogP contribution >= 0.6 is 0 Å². The highest BCUT2D eigenvalue weighted by atomic mass is 14.9. The molecule has 2 nitrogen and oxygen atoms in total. The number of nitrogens with one attached hydrogen (secondary N) is 1. The molecule has 84 valence electrons. The van der Waals surface area contributed by atoms with E-state index in [2.05, 4.69) is 33.0 Å². The summed E-state index contributed by atoms with van der Waals surface area (Å²) in [6, 6.07) is 0.398. The van der Waals surface area contributed by atoms with E-state index in [1.807, 2.05) is 0 Å². The summed E-state index contributed by atoms with van der Waals surface area (Å²) in [6.45, 7) is 11.3. The molecule has 0 aromatic rings. The fourth-order valence-electron chi connectivity index (χ4n) is 2.20. The van der Waals surface area contributed by atoms with Crippen LogP contribution in [0.15, 0.2) is 0 Å². The zero-order valence-corrected chi connectivity index (χ0v) is 10.2. The van der Waals surface area contributed by atoms with E-state index in [-0.39, 0.29) is 0 Å². The zero-order valence-electron chi connectivity index (χ0n) is 10.2. The molecule has 0 aromatic heterocycles. The van der Waals surface area contributed by atoms with Gasteiger partial charge in [-0.15, -0.1) is 0 Å².